The van der Waals surface area contributed by atoms with Crippen molar-refractivity contribution in [3.63, 3.8) is 0 Å². The maximum Gasteiger partial charge on any atom is 0.271 e. The number of benzene rings is 1. The predicted molar refractivity (Wildman–Crippen MR) is 112 cm³/mol. The van der Waals surface area contributed by atoms with E-state index in [0.717, 1.165) is 43.0 Å². The fourth-order valence-corrected chi connectivity index (χ4v) is 3.75. The smallest absolute Gasteiger partial charge is 0.271 e. The summed E-state index contributed by atoms with van der Waals surface area (Å²) in [5, 5.41) is 15.1. The summed E-state index contributed by atoms with van der Waals surface area (Å²) in [6.07, 6.45) is 4.16. The van der Waals surface area contributed by atoms with E-state index < -0.39 is 0 Å². The molecule has 0 unspecified atom stereocenters. The van der Waals surface area contributed by atoms with Crippen molar-refractivity contribution < 1.29 is 14.0 Å². The molecule has 0 aliphatic carbocycles. The van der Waals surface area contributed by atoms with E-state index in [1.165, 1.54) is 12.1 Å². The van der Waals surface area contributed by atoms with E-state index in [2.05, 4.69) is 20.9 Å². The molecule has 8 heteroatoms. The number of halogens is 1. The number of carbonyl (C=O) groups excluding carboxylic acids is 1. The van der Waals surface area contributed by atoms with Gasteiger partial charge in [-0.3, -0.25) is 4.79 Å². The lowest BCUT2D eigenvalue weighted by Crippen LogP contribution is -2.31. The molecular formula is C22H26FN5O2. The minimum atomic E-state index is -0.296. The first-order valence-electron chi connectivity index (χ1n) is 10.3. The topological polar surface area (TPSA) is 80.5 Å². The first-order chi connectivity index (χ1) is 14.5. The third-order valence-electron chi connectivity index (χ3n) is 5.28. The molecule has 4 rings (SSSR count). The molecule has 1 aromatic carbocycles. The number of hydrogen-bond acceptors (Lipinski definition) is 5. The van der Waals surface area contributed by atoms with Gasteiger partial charge in [0, 0.05) is 24.6 Å². The molecule has 1 fully saturated rings. The van der Waals surface area contributed by atoms with Crippen LogP contribution < -0.4 is 10.6 Å². The third kappa shape index (κ3) is 4.43. The summed E-state index contributed by atoms with van der Waals surface area (Å²) >= 11 is 0. The molecule has 0 saturated carbocycles. The van der Waals surface area contributed by atoms with Crippen molar-refractivity contribution in [3.8, 4) is 0 Å². The number of rotatable bonds is 5. The summed E-state index contributed by atoms with van der Waals surface area (Å²) < 4.78 is 15.0. The molecule has 0 radical (unpaired) electrons. The minimum absolute atomic E-state index is 0.0300. The molecule has 2 aliphatic rings. The van der Waals surface area contributed by atoms with Crippen molar-refractivity contribution in [2.24, 2.45) is 11.1 Å². The Bertz CT molecular complexity index is 972. The summed E-state index contributed by atoms with van der Waals surface area (Å²) in [5.41, 5.74) is 2.71. The lowest BCUT2D eigenvalue weighted by Gasteiger charge is -2.28. The maximum atomic E-state index is 13.3. The molecule has 158 valence electrons. The molecule has 3 heterocycles. The van der Waals surface area contributed by atoms with Crippen molar-refractivity contribution in [2.45, 2.75) is 39.2 Å². The van der Waals surface area contributed by atoms with Gasteiger partial charge in [-0.05, 0) is 63.5 Å². The van der Waals surface area contributed by atoms with E-state index in [9.17, 15) is 9.18 Å². The zero-order valence-corrected chi connectivity index (χ0v) is 17.2. The number of hydrogen-bond donors (Lipinski definition) is 2. The second kappa shape index (κ2) is 8.79. The van der Waals surface area contributed by atoms with E-state index in [1.54, 1.807) is 29.1 Å². The number of piperidine rings is 1. The van der Waals surface area contributed by atoms with Gasteiger partial charge in [0.25, 0.3) is 5.91 Å². The van der Waals surface area contributed by atoms with Crippen molar-refractivity contribution >= 4 is 17.3 Å². The molecule has 1 amide bonds. The molecule has 2 aliphatic heterocycles. The Labute approximate surface area is 175 Å². The zero-order valence-electron chi connectivity index (χ0n) is 17.2. The van der Waals surface area contributed by atoms with Gasteiger partial charge in [-0.25, -0.2) is 9.07 Å². The van der Waals surface area contributed by atoms with E-state index >= 15 is 0 Å². The second-order valence-corrected chi connectivity index (χ2v) is 7.92. The van der Waals surface area contributed by atoms with Crippen molar-refractivity contribution in [3.05, 3.63) is 59.4 Å². The van der Waals surface area contributed by atoms with Gasteiger partial charge in [-0.2, -0.15) is 5.10 Å². The van der Waals surface area contributed by atoms with Gasteiger partial charge < -0.3 is 15.5 Å². The summed E-state index contributed by atoms with van der Waals surface area (Å²) in [6.45, 7) is 5.65. The van der Waals surface area contributed by atoms with Gasteiger partial charge in [0.05, 0.1) is 11.4 Å². The number of amides is 1. The van der Waals surface area contributed by atoms with E-state index in [4.69, 9.17) is 4.84 Å². The van der Waals surface area contributed by atoms with Crippen LogP contribution in [0.3, 0.4) is 0 Å². The summed E-state index contributed by atoms with van der Waals surface area (Å²) in [4.78, 5) is 18.3. The standard InChI is InChI=1S/C22H26FN5O2/c1-14(2)25-22(29)18-9-12-28(26-18)20-13-19(15-3-5-17(23)6-4-15)27-30-21(20)16-7-10-24-11-8-16/h3-6,9,12,14,16,24H,7-8,10-11,13H2,1-2H3,(H,25,29). The van der Waals surface area contributed by atoms with Crippen LogP contribution in [0.4, 0.5) is 4.39 Å². The molecular weight excluding hydrogens is 385 g/mol. The first kappa shape index (κ1) is 20.3. The van der Waals surface area contributed by atoms with Gasteiger partial charge in [0.2, 0.25) is 0 Å². The Morgan fingerprint density at radius 3 is 2.67 bits per heavy atom. The van der Waals surface area contributed by atoms with Crippen molar-refractivity contribution in [1.82, 2.24) is 20.4 Å². The molecule has 2 N–H and O–H groups in total. The number of aromatic nitrogens is 2. The Balaban J connectivity index is 1.65. The molecule has 1 aromatic heterocycles. The Hall–Kier alpha value is -3.00. The highest BCUT2D eigenvalue weighted by Gasteiger charge is 2.29. The van der Waals surface area contributed by atoms with Gasteiger partial charge >= 0.3 is 0 Å². The van der Waals surface area contributed by atoms with Crippen LogP contribution in [0.25, 0.3) is 5.70 Å². The lowest BCUT2D eigenvalue weighted by atomic mass is 9.92. The number of nitrogens with one attached hydrogen (secondary N) is 2. The molecule has 0 atom stereocenters. The lowest BCUT2D eigenvalue weighted by molar-refractivity contribution is 0.0937. The van der Waals surface area contributed by atoms with Crippen LogP contribution in [0, 0.1) is 11.7 Å². The number of oxime groups is 1. The monoisotopic (exact) mass is 411 g/mol. The number of nitrogens with zero attached hydrogens (tertiary/aromatic N) is 3. The number of carbonyl (C=O) groups is 1. The van der Waals surface area contributed by atoms with E-state index in [0.29, 0.717) is 17.8 Å². The highest BCUT2D eigenvalue weighted by atomic mass is 19.1. The van der Waals surface area contributed by atoms with E-state index in [-0.39, 0.29) is 23.7 Å². The van der Waals surface area contributed by atoms with E-state index in [1.807, 2.05) is 13.8 Å². The summed E-state index contributed by atoms with van der Waals surface area (Å²) in [5.74, 6) is 0.519. The van der Waals surface area contributed by atoms with Crippen LogP contribution in [0.15, 0.2) is 47.4 Å². The average molecular weight is 411 g/mol. The van der Waals surface area contributed by atoms with Crippen LogP contribution in [0.5, 0.6) is 0 Å². The fraction of sp³-hybridized carbons (Fsp3) is 0.409. The Kier molecular flexibility index (Phi) is 5.94. The SMILES string of the molecule is CC(C)NC(=O)c1ccn(C2=C(C3CCNCC3)ON=C(c3ccc(F)cc3)C2)n1. The Morgan fingerprint density at radius 1 is 1.23 bits per heavy atom. The summed E-state index contributed by atoms with van der Waals surface area (Å²) in [6, 6.07) is 7.93. The van der Waals surface area contributed by atoms with Gasteiger partial charge in [0.15, 0.2) is 11.5 Å². The first-order valence-corrected chi connectivity index (χ1v) is 10.3. The van der Waals surface area contributed by atoms with Gasteiger partial charge in [0.1, 0.15) is 5.82 Å². The highest BCUT2D eigenvalue weighted by molar-refractivity contribution is 6.05. The molecule has 7 nitrogen and oxygen atoms in total. The molecule has 2 aromatic rings. The normalized spacial score (nSPS) is 17.7. The highest BCUT2D eigenvalue weighted by Crippen LogP contribution is 2.33. The zero-order chi connectivity index (χ0) is 21.1. The maximum absolute atomic E-state index is 13.3. The quantitative estimate of drug-likeness (QED) is 0.792. The minimum Gasteiger partial charge on any atom is -0.359 e. The van der Waals surface area contributed by atoms with Crippen molar-refractivity contribution in [1.29, 1.82) is 0 Å². The van der Waals surface area contributed by atoms with Crippen LogP contribution >= 0.6 is 0 Å². The molecule has 0 spiro atoms. The Morgan fingerprint density at radius 2 is 1.97 bits per heavy atom. The van der Waals surface area contributed by atoms with Crippen LogP contribution in [0.2, 0.25) is 0 Å². The largest absolute Gasteiger partial charge is 0.359 e. The fourth-order valence-electron chi connectivity index (χ4n) is 3.75. The number of allylic oxidation sites excluding steroid dienone is 2. The van der Waals surface area contributed by atoms with Gasteiger partial charge in [-0.1, -0.05) is 17.3 Å². The molecule has 0 bridgehead atoms. The van der Waals surface area contributed by atoms with Crippen LogP contribution in [-0.4, -0.2) is 40.5 Å². The molecule has 30 heavy (non-hydrogen) atoms. The molecule has 1 saturated heterocycles. The predicted octanol–water partition coefficient (Wildman–Crippen LogP) is 3.15. The van der Waals surface area contributed by atoms with Crippen LogP contribution in [-0.2, 0) is 4.84 Å². The average Bonchev–Trinajstić information content (AvgIpc) is 3.24. The van der Waals surface area contributed by atoms with Crippen molar-refractivity contribution in [2.75, 3.05) is 13.1 Å². The summed E-state index contributed by atoms with van der Waals surface area (Å²) in [7, 11) is 0. The second-order valence-electron chi connectivity index (χ2n) is 7.92. The van der Waals surface area contributed by atoms with Gasteiger partial charge in [-0.15, -0.1) is 0 Å². The third-order valence-corrected chi connectivity index (χ3v) is 5.28. The van der Waals surface area contributed by atoms with Crippen LogP contribution in [0.1, 0.15) is 49.2 Å².